The summed E-state index contributed by atoms with van der Waals surface area (Å²) in [4.78, 5) is 12.8. The van der Waals surface area contributed by atoms with Gasteiger partial charge in [-0.1, -0.05) is 18.6 Å². The molecule has 1 aliphatic rings. The molecule has 1 amide bonds. The molecule has 138 valence electrons. The van der Waals surface area contributed by atoms with Crippen molar-refractivity contribution < 1.29 is 13.2 Å². The van der Waals surface area contributed by atoms with Crippen molar-refractivity contribution >= 4 is 37.5 Å². The third-order valence-electron chi connectivity index (χ3n) is 4.41. The lowest BCUT2D eigenvalue weighted by Crippen LogP contribution is -2.35. The van der Waals surface area contributed by atoms with Gasteiger partial charge >= 0.3 is 0 Å². The molecule has 0 aliphatic carbocycles. The van der Waals surface area contributed by atoms with Gasteiger partial charge < -0.3 is 5.32 Å². The van der Waals surface area contributed by atoms with E-state index in [1.807, 2.05) is 25.1 Å². The maximum absolute atomic E-state index is 12.9. The number of hydrogen-bond donors (Lipinski definition) is 1. The highest BCUT2D eigenvalue weighted by molar-refractivity contribution is 9.10. The van der Waals surface area contributed by atoms with Crippen molar-refractivity contribution in [2.24, 2.45) is 0 Å². The minimum atomic E-state index is -3.58. The van der Waals surface area contributed by atoms with E-state index in [1.54, 1.807) is 12.1 Å². The highest BCUT2D eigenvalue weighted by atomic mass is 79.9. The Kier molecular flexibility index (Phi) is 5.79. The number of nitrogens with zero attached hydrogens (tertiary/aromatic N) is 1. The van der Waals surface area contributed by atoms with Crippen LogP contribution in [0.5, 0.6) is 0 Å². The number of piperidine rings is 1. The SMILES string of the molecule is Cc1cccc(NC(=O)c2cc(S(=O)(=O)N3CCCCC3)ccc2Br)c1. The molecule has 2 aromatic rings. The average Bonchev–Trinajstić information content (AvgIpc) is 2.62. The molecule has 1 aliphatic heterocycles. The lowest BCUT2D eigenvalue weighted by atomic mass is 10.2. The van der Waals surface area contributed by atoms with Gasteiger partial charge in [0.15, 0.2) is 0 Å². The summed E-state index contributed by atoms with van der Waals surface area (Å²) in [6.45, 7) is 3.00. The Bertz CT molecular complexity index is 922. The molecule has 0 unspecified atom stereocenters. The van der Waals surface area contributed by atoms with Crippen LogP contribution < -0.4 is 5.32 Å². The fourth-order valence-electron chi connectivity index (χ4n) is 3.01. The van der Waals surface area contributed by atoms with Crippen LogP contribution >= 0.6 is 15.9 Å². The summed E-state index contributed by atoms with van der Waals surface area (Å²) in [5.41, 5.74) is 2.00. The standard InChI is InChI=1S/C19H21BrN2O3S/c1-14-6-5-7-15(12-14)21-19(23)17-13-16(8-9-18(17)20)26(24,25)22-10-3-2-4-11-22/h5-9,12-13H,2-4,10-11H2,1H3,(H,21,23). The molecule has 3 rings (SSSR count). The number of carbonyl (C=O) groups excluding carboxylic acids is 1. The van der Waals surface area contributed by atoms with Crippen molar-refractivity contribution in [3.05, 3.63) is 58.1 Å². The van der Waals surface area contributed by atoms with E-state index in [9.17, 15) is 13.2 Å². The van der Waals surface area contributed by atoms with E-state index >= 15 is 0 Å². The fourth-order valence-corrected chi connectivity index (χ4v) is 4.98. The molecule has 1 N–H and O–H groups in total. The molecule has 1 fully saturated rings. The van der Waals surface area contributed by atoms with Crippen LogP contribution in [0.1, 0.15) is 35.2 Å². The number of nitrogens with one attached hydrogen (secondary N) is 1. The monoisotopic (exact) mass is 436 g/mol. The van der Waals surface area contributed by atoms with Crippen LogP contribution in [-0.2, 0) is 10.0 Å². The van der Waals surface area contributed by atoms with Gasteiger partial charge in [-0.05, 0) is 71.6 Å². The molecule has 0 bridgehead atoms. The van der Waals surface area contributed by atoms with Crippen molar-refractivity contribution in [3.8, 4) is 0 Å². The highest BCUT2D eigenvalue weighted by Crippen LogP contribution is 2.26. The zero-order valence-electron chi connectivity index (χ0n) is 14.5. The molecule has 1 heterocycles. The van der Waals surface area contributed by atoms with Gasteiger partial charge in [-0.3, -0.25) is 4.79 Å². The molecule has 0 atom stereocenters. The van der Waals surface area contributed by atoms with E-state index in [-0.39, 0.29) is 10.8 Å². The van der Waals surface area contributed by atoms with E-state index in [4.69, 9.17) is 0 Å². The van der Waals surface area contributed by atoms with Crippen molar-refractivity contribution in [1.29, 1.82) is 0 Å². The number of aryl methyl sites for hydroxylation is 1. The predicted octanol–water partition coefficient (Wildman–Crippen LogP) is 4.18. The second kappa shape index (κ2) is 7.90. The Hall–Kier alpha value is -1.70. The normalized spacial score (nSPS) is 15.6. The summed E-state index contributed by atoms with van der Waals surface area (Å²) >= 11 is 3.35. The second-order valence-electron chi connectivity index (χ2n) is 6.43. The first-order valence-corrected chi connectivity index (χ1v) is 10.8. The third-order valence-corrected chi connectivity index (χ3v) is 7.00. The molecule has 26 heavy (non-hydrogen) atoms. The number of rotatable bonds is 4. The molecule has 2 aromatic carbocycles. The number of sulfonamides is 1. The van der Waals surface area contributed by atoms with E-state index in [1.165, 1.54) is 16.4 Å². The van der Waals surface area contributed by atoms with Gasteiger partial charge in [0, 0.05) is 23.2 Å². The minimum Gasteiger partial charge on any atom is -0.322 e. The zero-order chi connectivity index (χ0) is 18.7. The molecule has 7 heteroatoms. The first kappa shape index (κ1) is 19.1. The molecule has 0 aromatic heterocycles. The number of amides is 1. The summed E-state index contributed by atoms with van der Waals surface area (Å²) in [5.74, 6) is -0.349. The molecule has 0 radical (unpaired) electrons. The van der Waals surface area contributed by atoms with Gasteiger partial charge in [0.25, 0.3) is 5.91 Å². The maximum atomic E-state index is 12.9. The van der Waals surface area contributed by atoms with Gasteiger partial charge in [-0.2, -0.15) is 4.31 Å². The van der Waals surface area contributed by atoms with Crippen LogP contribution in [0.25, 0.3) is 0 Å². The van der Waals surface area contributed by atoms with E-state index in [0.717, 1.165) is 24.8 Å². The van der Waals surface area contributed by atoms with Crippen molar-refractivity contribution in [3.63, 3.8) is 0 Å². The van der Waals surface area contributed by atoms with E-state index < -0.39 is 10.0 Å². The van der Waals surface area contributed by atoms with Crippen LogP contribution in [0, 0.1) is 6.92 Å². The van der Waals surface area contributed by atoms with E-state index in [2.05, 4.69) is 21.2 Å². The Morgan fingerprint density at radius 3 is 2.50 bits per heavy atom. The largest absolute Gasteiger partial charge is 0.322 e. The minimum absolute atomic E-state index is 0.150. The molecule has 0 saturated carbocycles. The van der Waals surface area contributed by atoms with Crippen LogP contribution in [0.4, 0.5) is 5.69 Å². The molecule has 5 nitrogen and oxygen atoms in total. The van der Waals surface area contributed by atoms with Crippen LogP contribution in [-0.4, -0.2) is 31.7 Å². The predicted molar refractivity (Wildman–Crippen MR) is 106 cm³/mol. The van der Waals surface area contributed by atoms with E-state index in [0.29, 0.717) is 28.8 Å². The first-order chi connectivity index (χ1) is 12.4. The third kappa shape index (κ3) is 4.16. The first-order valence-electron chi connectivity index (χ1n) is 8.55. The van der Waals surface area contributed by atoms with Crippen LogP contribution in [0.3, 0.4) is 0 Å². The van der Waals surface area contributed by atoms with Crippen molar-refractivity contribution in [2.45, 2.75) is 31.1 Å². The summed E-state index contributed by atoms with van der Waals surface area (Å²) in [6, 6.07) is 12.1. The van der Waals surface area contributed by atoms with Gasteiger partial charge in [0.05, 0.1) is 10.5 Å². The number of halogens is 1. The van der Waals surface area contributed by atoms with Gasteiger partial charge in [-0.25, -0.2) is 8.42 Å². The summed E-state index contributed by atoms with van der Waals surface area (Å²) in [7, 11) is -3.58. The van der Waals surface area contributed by atoms with Gasteiger partial charge in [0.1, 0.15) is 0 Å². The number of benzene rings is 2. The molecular formula is C19H21BrN2O3S. The summed E-state index contributed by atoms with van der Waals surface area (Å²) in [6.07, 6.45) is 2.80. The summed E-state index contributed by atoms with van der Waals surface area (Å²) in [5, 5.41) is 2.82. The van der Waals surface area contributed by atoms with Gasteiger partial charge in [0.2, 0.25) is 10.0 Å². The van der Waals surface area contributed by atoms with Gasteiger partial charge in [-0.15, -0.1) is 0 Å². The highest BCUT2D eigenvalue weighted by Gasteiger charge is 2.27. The molecule has 0 spiro atoms. The Morgan fingerprint density at radius 2 is 1.81 bits per heavy atom. The van der Waals surface area contributed by atoms with Crippen molar-refractivity contribution in [1.82, 2.24) is 4.31 Å². The lowest BCUT2D eigenvalue weighted by molar-refractivity contribution is 0.102. The quantitative estimate of drug-likeness (QED) is 0.781. The van der Waals surface area contributed by atoms with Crippen molar-refractivity contribution in [2.75, 3.05) is 18.4 Å². The second-order valence-corrected chi connectivity index (χ2v) is 9.22. The van der Waals surface area contributed by atoms with Crippen LogP contribution in [0.15, 0.2) is 51.8 Å². The molecule has 1 saturated heterocycles. The number of hydrogen-bond acceptors (Lipinski definition) is 3. The Morgan fingerprint density at radius 1 is 1.08 bits per heavy atom. The fraction of sp³-hybridized carbons (Fsp3) is 0.316. The maximum Gasteiger partial charge on any atom is 0.256 e. The summed E-state index contributed by atoms with van der Waals surface area (Å²) < 4.78 is 27.8. The Balaban J connectivity index is 1.88. The zero-order valence-corrected chi connectivity index (χ0v) is 16.9. The van der Waals surface area contributed by atoms with Crippen LogP contribution in [0.2, 0.25) is 0 Å². The molecular weight excluding hydrogens is 416 g/mol. The average molecular weight is 437 g/mol. The number of carbonyl (C=O) groups is 1. The smallest absolute Gasteiger partial charge is 0.256 e. The topological polar surface area (TPSA) is 66.5 Å². The number of anilines is 1. The lowest BCUT2D eigenvalue weighted by Gasteiger charge is -2.26. The Labute approximate surface area is 162 Å².